The summed E-state index contributed by atoms with van der Waals surface area (Å²) in [7, 11) is 4.66. The lowest BCUT2D eigenvalue weighted by atomic mass is 10.1. The third-order valence-electron chi connectivity index (χ3n) is 5.45. The summed E-state index contributed by atoms with van der Waals surface area (Å²) in [5.74, 6) is 1.43. The molecule has 1 aliphatic rings. The van der Waals surface area contributed by atoms with E-state index >= 15 is 0 Å². The minimum Gasteiger partial charge on any atom is -0.493 e. The zero-order valence-electron chi connectivity index (χ0n) is 19.3. The number of ether oxygens (including phenoxy) is 3. The molecule has 0 aliphatic carbocycles. The minimum absolute atomic E-state index is 0.138. The number of amides is 1. The van der Waals surface area contributed by atoms with Gasteiger partial charge in [-0.2, -0.15) is 5.10 Å². The summed E-state index contributed by atoms with van der Waals surface area (Å²) in [5, 5.41) is 4.08. The zero-order chi connectivity index (χ0) is 22.9. The summed E-state index contributed by atoms with van der Waals surface area (Å²) >= 11 is 0. The van der Waals surface area contributed by atoms with Crippen LogP contribution in [0, 0.1) is 6.92 Å². The number of hydrogen-bond acceptors (Lipinski definition) is 7. The molecule has 1 fully saturated rings. The van der Waals surface area contributed by atoms with Gasteiger partial charge in [-0.15, -0.1) is 0 Å². The lowest BCUT2D eigenvalue weighted by Gasteiger charge is -2.34. The molecule has 0 atom stereocenters. The highest BCUT2D eigenvalue weighted by molar-refractivity contribution is 5.84. The van der Waals surface area contributed by atoms with E-state index in [2.05, 4.69) is 51.5 Å². The number of aryl methyl sites for hydroxylation is 1. The van der Waals surface area contributed by atoms with E-state index in [1.165, 1.54) is 11.1 Å². The van der Waals surface area contributed by atoms with E-state index in [1.807, 2.05) is 0 Å². The molecular weight excluding hydrogens is 408 g/mol. The van der Waals surface area contributed by atoms with Crippen LogP contribution >= 0.6 is 0 Å². The van der Waals surface area contributed by atoms with Gasteiger partial charge >= 0.3 is 0 Å². The molecule has 0 bridgehead atoms. The molecule has 0 aromatic heterocycles. The van der Waals surface area contributed by atoms with Gasteiger partial charge < -0.3 is 14.2 Å². The first-order valence-corrected chi connectivity index (χ1v) is 10.6. The van der Waals surface area contributed by atoms with Crippen LogP contribution in [0.2, 0.25) is 0 Å². The average Bonchev–Trinajstić information content (AvgIpc) is 2.81. The Bertz CT molecular complexity index is 897. The number of nitrogens with zero attached hydrogens (tertiary/aromatic N) is 3. The third-order valence-corrected chi connectivity index (χ3v) is 5.45. The van der Waals surface area contributed by atoms with Crippen LogP contribution in [0.25, 0.3) is 0 Å². The Morgan fingerprint density at radius 2 is 1.56 bits per heavy atom. The molecule has 0 spiro atoms. The van der Waals surface area contributed by atoms with Crippen LogP contribution in [-0.2, 0) is 11.3 Å². The number of hydrazone groups is 1. The van der Waals surface area contributed by atoms with Crippen molar-refractivity contribution >= 4 is 12.1 Å². The number of benzene rings is 2. The van der Waals surface area contributed by atoms with Crippen LogP contribution in [0.15, 0.2) is 41.5 Å². The maximum absolute atomic E-state index is 12.3. The maximum atomic E-state index is 12.3. The summed E-state index contributed by atoms with van der Waals surface area (Å²) in [6.07, 6.45) is 1.56. The lowest BCUT2D eigenvalue weighted by molar-refractivity contribution is -0.122. The van der Waals surface area contributed by atoms with Crippen LogP contribution in [0.1, 0.15) is 16.7 Å². The van der Waals surface area contributed by atoms with E-state index < -0.39 is 0 Å². The fraction of sp³-hybridized carbons (Fsp3) is 0.417. The monoisotopic (exact) mass is 440 g/mol. The summed E-state index contributed by atoms with van der Waals surface area (Å²) in [6, 6.07) is 12.2. The Morgan fingerprint density at radius 1 is 0.969 bits per heavy atom. The van der Waals surface area contributed by atoms with Crippen molar-refractivity contribution in [2.75, 3.05) is 54.1 Å². The van der Waals surface area contributed by atoms with E-state index in [1.54, 1.807) is 39.7 Å². The molecule has 1 heterocycles. The summed E-state index contributed by atoms with van der Waals surface area (Å²) in [6.45, 7) is 6.96. The quantitative estimate of drug-likeness (QED) is 0.476. The van der Waals surface area contributed by atoms with Gasteiger partial charge in [0.05, 0.1) is 34.1 Å². The molecule has 2 aromatic carbocycles. The van der Waals surface area contributed by atoms with E-state index in [-0.39, 0.29) is 5.91 Å². The number of hydrogen-bond donors (Lipinski definition) is 1. The van der Waals surface area contributed by atoms with Crippen LogP contribution in [0.5, 0.6) is 17.2 Å². The van der Waals surface area contributed by atoms with Crippen LogP contribution in [-0.4, -0.2) is 76.0 Å². The van der Waals surface area contributed by atoms with E-state index in [0.29, 0.717) is 23.8 Å². The maximum Gasteiger partial charge on any atom is 0.254 e. The number of methoxy groups -OCH3 is 3. The number of nitrogens with one attached hydrogen (secondary N) is 1. The van der Waals surface area contributed by atoms with Crippen molar-refractivity contribution < 1.29 is 19.0 Å². The van der Waals surface area contributed by atoms with Crippen molar-refractivity contribution in [3.63, 3.8) is 0 Å². The smallest absolute Gasteiger partial charge is 0.254 e. The second-order valence-electron chi connectivity index (χ2n) is 7.79. The number of carbonyl (C=O) groups is 1. The molecule has 32 heavy (non-hydrogen) atoms. The zero-order valence-corrected chi connectivity index (χ0v) is 19.3. The SMILES string of the molecule is COc1cc(C=NNC(=O)CN2CCN(Cc3ccc(C)cc3)CC2)cc(OC)c1OC. The van der Waals surface area contributed by atoms with Crippen LogP contribution in [0.4, 0.5) is 0 Å². The molecule has 0 saturated carbocycles. The molecule has 0 unspecified atom stereocenters. The standard InChI is InChI=1S/C24H32N4O4/c1-18-5-7-19(8-6-18)16-27-9-11-28(12-10-27)17-23(29)26-25-15-20-13-21(30-2)24(32-4)22(14-20)31-3/h5-8,13-15H,9-12,16-17H2,1-4H3,(H,26,29). The molecule has 1 saturated heterocycles. The van der Waals surface area contributed by atoms with Crippen molar-refractivity contribution in [1.82, 2.24) is 15.2 Å². The van der Waals surface area contributed by atoms with Crippen molar-refractivity contribution in [3.05, 3.63) is 53.1 Å². The molecule has 8 nitrogen and oxygen atoms in total. The second kappa shape index (κ2) is 11.5. The lowest BCUT2D eigenvalue weighted by Crippen LogP contribution is -2.48. The predicted octanol–water partition coefficient (Wildman–Crippen LogP) is 2.29. The average molecular weight is 441 g/mol. The molecule has 1 amide bonds. The van der Waals surface area contributed by atoms with E-state index in [9.17, 15) is 4.79 Å². The van der Waals surface area contributed by atoms with Gasteiger partial charge in [-0.3, -0.25) is 14.6 Å². The van der Waals surface area contributed by atoms with Gasteiger partial charge in [0.2, 0.25) is 5.75 Å². The van der Waals surface area contributed by atoms with Gasteiger partial charge in [-0.05, 0) is 24.6 Å². The molecule has 172 valence electrons. The Hall–Kier alpha value is -3.10. The normalized spacial score (nSPS) is 15.0. The molecule has 1 aliphatic heterocycles. The van der Waals surface area contributed by atoms with E-state index in [0.717, 1.165) is 38.3 Å². The first-order chi connectivity index (χ1) is 15.5. The molecule has 2 aromatic rings. The van der Waals surface area contributed by atoms with Crippen molar-refractivity contribution in [2.24, 2.45) is 5.10 Å². The van der Waals surface area contributed by atoms with Crippen molar-refractivity contribution in [3.8, 4) is 17.2 Å². The molecule has 8 heteroatoms. The van der Waals surface area contributed by atoms with Crippen LogP contribution < -0.4 is 19.6 Å². The summed E-state index contributed by atoms with van der Waals surface area (Å²) < 4.78 is 16.0. The Labute approximate surface area is 189 Å². The predicted molar refractivity (Wildman–Crippen MR) is 125 cm³/mol. The van der Waals surface area contributed by atoms with Gasteiger partial charge in [0.15, 0.2) is 11.5 Å². The van der Waals surface area contributed by atoms with Gasteiger partial charge in [0, 0.05) is 38.3 Å². The molecular formula is C24H32N4O4. The highest BCUT2D eigenvalue weighted by Crippen LogP contribution is 2.37. The minimum atomic E-state index is -0.138. The third kappa shape index (κ3) is 6.45. The van der Waals surface area contributed by atoms with Crippen molar-refractivity contribution in [2.45, 2.75) is 13.5 Å². The highest BCUT2D eigenvalue weighted by atomic mass is 16.5. The largest absolute Gasteiger partial charge is 0.493 e. The molecule has 0 radical (unpaired) electrons. The number of piperazine rings is 1. The summed E-state index contributed by atoms with van der Waals surface area (Å²) in [4.78, 5) is 16.9. The van der Waals surface area contributed by atoms with Gasteiger partial charge in [-0.25, -0.2) is 5.43 Å². The Balaban J connectivity index is 1.45. The first kappa shape index (κ1) is 23.6. The van der Waals surface area contributed by atoms with E-state index in [4.69, 9.17) is 14.2 Å². The van der Waals surface area contributed by atoms with Crippen LogP contribution in [0.3, 0.4) is 0 Å². The Kier molecular flexibility index (Phi) is 8.47. The number of carbonyl (C=O) groups excluding carboxylic acids is 1. The van der Waals surface area contributed by atoms with Gasteiger partial charge in [0.25, 0.3) is 5.91 Å². The molecule has 1 N–H and O–H groups in total. The molecule has 3 rings (SSSR count). The fourth-order valence-corrected chi connectivity index (χ4v) is 3.65. The topological polar surface area (TPSA) is 75.6 Å². The first-order valence-electron chi connectivity index (χ1n) is 10.6. The van der Waals surface area contributed by atoms with Gasteiger partial charge in [0.1, 0.15) is 0 Å². The van der Waals surface area contributed by atoms with Gasteiger partial charge in [-0.1, -0.05) is 29.8 Å². The fourth-order valence-electron chi connectivity index (χ4n) is 3.65. The van der Waals surface area contributed by atoms with Crippen molar-refractivity contribution in [1.29, 1.82) is 0 Å². The highest BCUT2D eigenvalue weighted by Gasteiger charge is 2.19. The second-order valence-corrected chi connectivity index (χ2v) is 7.79. The Morgan fingerprint density at radius 3 is 2.12 bits per heavy atom. The number of rotatable bonds is 9. The summed E-state index contributed by atoms with van der Waals surface area (Å²) in [5.41, 5.74) is 5.92.